The van der Waals surface area contributed by atoms with Crippen LogP contribution in [0.15, 0.2) is 52.4 Å². The van der Waals surface area contributed by atoms with Crippen molar-refractivity contribution in [2.45, 2.75) is 31.6 Å². The Labute approximate surface area is 177 Å². The quantitative estimate of drug-likeness (QED) is 0.450. The highest BCUT2D eigenvalue weighted by molar-refractivity contribution is 7.99. The Morgan fingerprint density at radius 2 is 2.00 bits per heavy atom. The summed E-state index contributed by atoms with van der Waals surface area (Å²) in [6.45, 7) is 4.22. The van der Waals surface area contributed by atoms with E-state index in [1.807, 2.05) is 26.0 Å². The molecule has 8 heteroatoms. The molecule has 2 aromatic carbocycles. The zero-order valence-electron chi connectivity index (χ0n) is 15.4. The molecule has 1 atom stereocenters. The van der Waals surface area contributed by atoms with E-state index >= 15 is 0 Å². The van der Waals surface area contributed by atoms with E-state index in [1.165, 1.54) is 11.8 Å². The largest absolute Gasteiger partial charge is 0.349 e. The molecule has 0 aliphatic rings. The van der Waals surface area contributed by atoms with Gasteiger partial charge in [-0.15, -0.1) is 0 Å². The van der Waals surface area contributed by atoms with Gasteiger partial charge in [0, 0.05) is 16.6 Å². The van der Waals surface area contributed by atoms with E-state index in [0.29, 0.717) is 32.6 Å². The maximum absolute atomic E-state index is 12.6. The van der Waals surface area contributed by atoms with Crippen LogP contribution in [0.4, 0.5) is 0 Å². The molecule has 0 spiro atoms. The number of thioether (sulfide) groups is 1. The third-order valence-electron chi connectivity index (χ3n) is 4.28. The number of carbonyl (C=O) groups is 1. The van der Waals surface area contributed by atoms with Crippen molar-refractivity contribution in [3.05, 3.63) is 68.4 Å². The molecule has 1 heterocycles. The van der Waals surface area contributed by atoms with Crippen LogP contribution in [0.25, 0.3) is 10.9 Å². The summed E-state index contributed by atoms with van der Waals surface area (Å²) >= 11 is 13.4. The maximum Gasteiger partial charge on any atom is 0.262 e. The van der Waals surface area contributed by atoms with E-state index in [1.54, 1.807) is 34.9 Å². The third kappa shape index (κ3) is 4.51. The van der Waals surface area contributed by atoms with E-state index in [-0.39, 0.29) is 23.3 Å². The standard InChI is InChI=1S/C20H19Cl2N3O2S/c1-3-25-19(27)15-6-4-5-7-17(15)24-20(25)28-11-18(26)23-12(2)14-9-8-13(21)10-16(14)22/h4-10,12H,3,11H2,1-2H3,(H,23,26). The van der Waals surface area contributed by atoms with Gasteiger partial charge in [0.15, 0.2) is 5.16 Å². The summed E-state index contributed by atoms with van der Waals surface area (Å²) in [5.74, 6) is -0.0334. The molecule has 28 heavy (non-hydrogen) atoms. The van der Waals surface area contributed by atoms with Crippen molar-refractivity contribution in [1.29, 1.82) is 0 Å². The van der Waals surface area contributed by atoms with E-state index < -0.39 is 0 Å². The second kappa shape index (κ2) is 8.99. The average molecular weight is 436 g/mol. The van der Waals surface area contributed by atoms with Crippen molar-refractivity contribution in [1.82, 2.24) is 14.9 Å². The second-order valence-corrected chi connectivity index (χ2v) is 7.99. The van der Waals surface area contributed by atoms with Gasteiger partial charge in [-0.2, -0.15) is 0 Å². The normalized spacial score (nSPS) is 12.1. The first-order valence-electron chi connectivity index (χ1n) is 8.77. The first kappa shape index (κ1) is 20.7. The van der Waals surface area contributed by atoms with E-state index in [4.69, 9.17) is 23.2 Å². The predicted octanol–water partition coefficient (Wildman–Crippen LogP) is 4.69. The van der Waals surface area contributed by atoms with Crippen LogP contribution in [0.5, 0.6) is 0 Å². The van der Waals surface area contributed by atoms with Crippen molar-refractivity contribution in [3.63, 3.8) is 0 Å². The van der Waals surface area contributed by atoms with Crippen LogP contribution in [0.2, 0.25) is 10.0 Å². The summed E-state index contributed by atoms with van der Waals surface area (Å²) in [6.07, 6.45) is 0. The van der Waals surface area contributed by atoms with Crippen LogP contribution in [0.1, 0.15) is 25.5 Å². The van der Waals surface area contributed by atoms with Crippen molar-refractivity contribution in [2.24, 2.45) is 0 Å². The number of hydrogen-bond donors (Lipinski definition) is 1. The molecule has 1 N–H and O–H groups in total. The minimum atomic E-state index is -0.268. The highest BCUT2D eigenvalue weighted by Crippen LogP contribution is 2.26. The number of para-hydroxylation sites is 1. The molecule has 1 amide bonds. The number of hydrogen-bond acceptors (Lipinski definition) is 4. The van der Waals surface area contributed by atoms with Gasteiger partial charge in [0.1, 0.15) is 0 Å². The summed E-state index contributed by atoms with van der Waals surface area (Å²) in [5, 5.41) is 5.06. The Balaban J connectivity index is 1.73. The Hall–Kier alpha value is -2.02. The van der Waals surface area contributed by atoms with Crippen molar-refractivity contribution >= 4 is 51.8 Å². The van der Waals surface area contributed by atoms with Crippen molar-refractivity contribution in [3.8, 4) is 0 Å². The number of carbonyl (C=O) groups excluding carboxylic acids is 1. The number of benzene rings is 2. The molecule has 3 rings (SSSR count). The smallest absolute Gasteiger partial charge is 0.262 e. The lowest BCUT2D eigenvalue weighted by Gasteiger charge is -2.16. The number of amides is 1. The van der Waals surface area contributed by atoms with Crippen LogP contribution in [0, 0.1) is 0 Å². The molecule has 5 nitrogen and oxygen atoms in total. The second-order valence-electron chi connectivity index (χ2n) is 6.20. The van der Waals surface area contributed by atoms with Gasteiger partial charge in [-0.3, -0.25) is 14.2 Å². The van der Waals surface area contributed by atoms with Gasteiger partial charge in [0.05, 0.1) is 22.7 Å². The highest BCUT2D eigenvalue weighted by Gasteiger charge is 2.15. The summed E-state index contributed by atoms with van der Waals surface area (Å²) in [4.78, 5) is 29.6. The zero-order valence-corrected chi connectivity index (χ0v) is 17.7. The molecular weight excluding hydrogens is 417 g/mol. The molecule has 0 radical (unpaired) electrons. The Morgan fingerprint density at radius 3 is 2.71 bits per heavy atom. The molecule has 146 valence electrons. The molecule has 0 bridgehead atoms. The monoisotopic (exact) mass is 435 g/mol. The molecule has 0 aliphatic carbocycles. The van der Waals surface area contributed by atoms with Gasteiger partial charge in [0.25, 0.3) is 5.56 Å². The predicted molar refractivity (Wildman–Crippen MR) is 115 cm³/mol. The van der Waals surface area contributed by atoms with Gasteiger partial charge < -0.3 is 5.32 Å². The number of aromatic nitrogens is 2. The summed E-state index contributed by atoms with van der Waals surface area (Å²) in [7, 11) is 0. The fourth-order valence-electron chi connectivity index (χ4n) is 2.88. The molecule has 0 saturated heterocycles. The molecule has 0 aliphatic heterocycles. The topological polar surface area (TPSA) is 64.0 Å². The molecule has 3 aromatic rings. The van der Waals surface area contributed by atoms with Gasteiger partial charge in [0.2, 0.25) is 5.91 Å². The van der Waals surface area contributed by atoms with Crippen LogP contribution in [-0.4, -0.2) is 21.2 Å². The SMILES string of the molecule is CCn1c(SCC(=O)NC(C)c2ccc(Cl)cc2Cl)nc2ccccc2c1=O. The number of halogens is 2. The molecule has 1 unspecified atom stereocenters. The number of fused-ring (bicyclic) bond motifs is 1. The minimum Gasteiger partial charge on any atom is -0.349 e. The van der Waals surface area contributed by atoms with Crippen molar-refractivity contribution < 1.29 is 4.79 Å². The van der Waals surface area contributed by atoms with Gasteiger partial charge >= 0.3 is 0 Å². The highest BCUT2D eigenvalue weighted by atomic mass is 35.5. The van der Waals surface area contributed by atoms with Crippen LogP contribution >= 0.6 is 35.0 Å². The number of nitrogens with one attached hydrogen (secondary N) is 1. The van der Waals surface area contributed by atoms with E-state index in [0.717, 1.165) is 5.56 Å². The Morgan fingerprint density at radius 1 is 1.25 bits per heavy atom. The summed E-state index contributed by atoms with van der Waals surface area (Å²) in [6, 6.07) is 12.1. The number of nitrogens with zero attached hydrogens (tertiary/aromatic N) is 2. The lowest BCUT2D eigenvalue weighted by molar-refractivity contribution is -0.119. The van der Waals surface area contributed by atoms with Crippen LogP contribution < -0.4 is 10.9 Å². The molecular formula is C20H19Cl2N3O2S. The first-order valence-corrected chi connectivity index (χ1v) is 10.5. The Bertz CT molecular complexity index is 1080. The fourth-order valence-corrected chi connectivity index (χ4v) is 4.33. The van der Waals surface area contributed by atoms with Crippen molar-refractivity contribution in [2.75, 3.05) is 5.75 Å². The summed E-state index contributed by atoms with van der Waals surface area (Å²) in [5.41, 5.74) is 1.32. The molecule has 1 aromatic heterocycles. The van der Waals surface area contributed by atoms with E-state index in [2.05, 4.69) is 10.3 Å². The van der Waals surface area contributed by atoms with Gasteiger partial charge in [-0.25, -0.2) is 4.98 Å². The zero-order chi connectivity index (χ0) is 20.3. The average Bonchev–Trinajstić information content (AvgIpc) is 2.66. The molecule has 0 saturated carbocycles. The van der Waals surface area contributed by atoms with Gasteiger partial charge in [-0.05, 0) is 43.7 Å². The fraction of sp³-hybridized carbons (Fsp3) is 0.250. The molecule has 0 fully saturated rings. The van der Waals surface area contributed by atoms with Crippen LogP contribution in [0.3, 0.4) is 0 Å². The van der Waals surface area contributed by atoms with Crippen LogP contribution in [-0.2, 0) is 11.3 Å². The first-order chi connectivity index (χ1) is 13.4. The maximum atomic E-state index is 12.6. The lowest BCUT2D eigenvalue weighted by atomic mass is 10.1. The summed E-state index contributed by atoms with van der Waals surface area (Å²) < 4.78 is 1.58. The Kier molecular flexibility index (Phi) is 6.65. The van der Waals surface area contributed by atoms with Gasteiger partial charge in [-0.1, -0.05) is 53.2 Å². The van der Waals surface area contributed by atoms with E-state index in [9.17, 15) is 9.59 Å². The minimum absolute atomic E-state index is 0.0997. The third-order valence-corrected chi connectivity index (χ3v) is 5.82. The lowest BCUT2D eigenvalue weighted by Crippen LogP contribution is -2.29. The number of rotatable bonds is 6.